The van der Waals surface area contributed by atoms with Crippen molar-refractivity contribution < 1.29 is 14.5 Å². The highest BCUT2D eigenvalue weighted by atomic mass is 16.6. The largest absolute Gasteiger partial charge is 0.273 e. The third-order valence-electron chi connectivity index (χ3n) is 4.33. The zero-order chi connectivity index (χ0) is 20.8. The normalized spacial score (nSPS) is 10.8. The van der Waals surface area contributed by atoms with Gasteiger partial charge in [0.1, 0.15) is 0 Å². The van der Waals surface area contributed by atoms with Crippen LogP contribution < -0.4 is 10.9 Å². The van der Waals surface area contributed by atoms with E-state index in [0.29, 0.717) is 12.3 Å². The lowest BCUT2D eigenvalue weighted by Gasteiger charge is -2.09. The lowest BCUT2D eigenvalue weighted by Crippen LogP contribution is -2.41. The van der Waals surface area contributed by atoms with E-state index < -0.39 is 10.8 Å². The van der Waals surface area contributed by atoms with Crippen LogP contribution >= 0.6 is 0 Å². The van der Waals surface area contributed by atoms with Gasteiger partial charge in [-0.15, -0.1) is 0 Å². The Balaban J connectivity index is 1.87. The Kier molecular flexibility index (Phi) is 6.86. The van der Waals surface area contributed by atoms with E-state index in [1.807, 2.05) is 18.5 Å². The number of benzene rings is 1. The number of aryl methyl sites for hydroxylation is 1. The molecule has 9 nitrogen and oxygen atoms in total. The summed E-state index contributed by atoms with van der Waals surface area (Å²) in [5.41, 5.74) is 7.78. The Morgan fingerprint density at radius 1 is 1.18 bits per heavy atom. The predicted molar refractivity (Wildman–Crippen MR) is 104 cm³/mol. The van der Waals surface area contributed by atoms with Crippen molar-refractivity contribution in [3.63, 3.8) is 0 Å². The average molecular weight is 387 g/mol. The van der Waals surface area contributed by atoms with Gasteiger partial charge in [-0.05, 0) is 43.9 Å². The standard InChI is InChI=1S/C19H25N5O4/c1-12(2)11-23-14(4)17(13(3)22-23)9-10-18(25)20-21-19(26)15-5-7-16(8-6-15)24(27)28/h5-8,12H,9-11H2,1-4H3,(H,20,25)(H,21,26). The van der Waals surface area contributed by atoms with Gasteiger partial charge in [0, 0.05) is 36.4 Å². The van der Waals surface area contributed by atoms with Crippen LogP contribution in [0.4, 0.5) is 5.69 Å². The number of carbonyl (C=O) groups is 2. The lowest BCUT2D eigenvalue weighted by molar-refractivity contribution is -0.384. The fourth-order valence-corrected chi connectivity index (χ4v) is 2.85. The highest BCUT2D eigenvalue weighted by Gasteiger charge is 2.15. The van der Waals surface area contributed by atoms with Crippen LogP contribution in [0, 0.1) is 29.9 Å². The molecule has 2 amide bonds. The minimum absolute atomic E-state index is 0.107. The molecule has 0 unspecified atom stereocenters. The Hall–Kier alpha value is -3.23. The number of aromatic nitrogens is 2. The van der Waals surface area contributed by atoms with Gasteiger partial charge in [0.05, 0.1) is 10.6 Å². The minimum Gasteiger partial charge on any atom is -0.273 e. The molecular formula is C19H25N5O4. The van der Waals surface area contributed by atoms with Crippen molar-refractivity contribution >= 4 is 17.5 Å². The maximum Gasteiger partial charge on any atom is 0.269 e. The van der Waals surface area contributed by atoms with Crippen LogP contribution in [0.3, 0.4) is 0 Å². The second kappa shape index (κ2) is 9.12. The minimum atomic E-state index is -0.545. The lowest BCUT2D eigenvalue weighted by atomic mass is 10.1. The summed E-state index contributed by atoms with van der Waals surface area (Å²) < 4.78 is 1.96. The van der Waals surface area contributed by atoms with Crippen molar-refractivity contribution in [2.45, 2.75) is 47.1 Å². The SMILES string of the molecule is Cc1nn(CC(C)C)c(C)c1CCC(=O)NNC(=O)c1ccc([N+](=O)[O-])cc1. The van der Waals surface area contributed by atoms with Crippen LogP contribution in [0.15, 0.2) is 24.3 Å². The van der Waals surface area contributed by atoms with Gasteiger partial charge in [0.2, 0.25) is 5.91 Å². The van der Waals surface area contributed by atoms with Gasteiger partial charge in [0.25, 0.3) is 11.6 Å². The number of nitro groups is 1. The molecule has 9 heteroatoms. The van der Waals surface area contributed by atoms with Crippen molar-refractivity contribution in [3.8, 4) is 0 Å². The van der Waals surface area contributed by atoms with Gasteiger partial charge in [-0.3, -0.25) is 35.2 Å². The fourth-order valence-electron chi connectivity index (χ4n) is 2.85. The molecule has 0 radical (unpaired) electrons. The van der Waals surface area contributed by atoms with E-state index in [4.69, 9.17) is 0 Å². The topological polar surface area (TPSA) is 119 Å². The van der Waals surface area contributed by atoms with Crippen LogP contribution in [-0.2, 0) is 17.8 Å². The van der Waals surface area contributed by atoms with Gasteiger partial charge in [-0.1, -0.05) is 13.8 Å². The van der Waals surface area contributed by atoms with Gasteiger partial charge in [-0.2, -0.15) is 5.10 Å². The first-order valence-corrected chi connectivity index (χ1v) is 9.05. The Morgan fingerprint density at radius 2 is 1.82 bits per heavy atom. The van der Waals surface area contributed by atoms with E-state index >= 15 is 0 Å². The molecule has 0 aliphatic heterocycles. The van der Waals surface area contributed by atoms with Crippen molar-refractivity contribution in [1.29, 1.82) is 0 Å². The number of non-ortho nitro benzene ring substituents is 1. The van der Waals surface area contributed by atoms with Crippen LogP contribution in [0.25, 0.3) is 0 Å². The predicted octanol–water partition coefficient (Wildman–Crippen LogP) is 2.46. The number of amides is 2. The number of nitro benzene ring substituents is 1. The zero-order valence-electron chi connectivity index (χ0n) is 16.5. The molecule has 0 spiro atoms. The molecule has 0 aliphatic rings. The summed E-state index contributed by atoms with van der Waals surface area (Å²) in [6.07, 6.45) is 0.727. The Labute approximate surface area is 163 Å². The first-order chi connectivity index (χ1) is 13.2. The van der Waals surface area contributed by atoms with Crippen LogP contribution in [0.2, 0.25) is 0 Å². The first kappa shape index (κ1) is 21.1. The first-order valence-electron chi connectivity index (χ1n) is 9.05. The fraction of sp³-hybridized carbons (Fsp3) is 0.421. The molecule has 0 fully saturated rings. The molecule has 1 aromatic heterocycles. The number of hydrogen-bond donors (Lipinski definition) is 2. The Bertz CT molecular complexity index is 871. The molecule has 0 bridgehead atoms. The van der Waals surface area contributed by atoms with Crippen LogP contribution in [0.5, 0.6) is 0 Å². The number of rotatable bonds is 7. The molecule has 0 saturated carbocycles. The molecule has 0 aliphatic carbocycles. The van der Waals surface area contributed by atoms with Crippen LogP contribution in [0.1, 0.15) is 47.6 Å². The van der Waals surface area contributed by atoms with Crippen molar-refractivity contribution in [3.05, 3.63) is 56.9 Å². The van der Waals surface area contributed by atoms with E-state index in [2.05, 4.69) is 29.8 Å². The summed E-state index contributed by atoms with van der Waals surface area (Å²) in [6, 6.07) is 5.12. The van der Waals surface area contributed by atoms with E-state index in [-0.39, 0.29) is 23.6 Å². The van der Waals surface area contributed by atoms with Gasteiger partial charge in [-0.25, -0.2) is 0 Å². The second-order valence-electron chi connectivity index (χ2n) is 7.03. The van der Waals surface area contributed by atoms with Gasteiger partial charge < -0.3 is 0 Å². The van der Waals surface area contributed by atoms with E-state index in [1.165, 1.54) is 24.3 Å². The number of nitrogens with zero attached hydrogens (tertiary/aromatic N) is 3. The monoisotopic (exact) mass is 387 g/mol. The molecule has 2 N–H and O–H groups in total. The highest BCUT2D eigenvalue weighted by molar-refractivity contribution is 5.95. The number of carbonyl (C=O) groups excluding carboxylic acids is 2. The van der Waals surface area contributed by atoms with E-state index in [9.17, 15) is 19.7 Å². The molecule has 150 valence electrons. The molecule has 1 heterocycles. The molecule has 28 heavy (non-hydrogen) atoms. The summed E-state index contributed by atoms with van der Waals surface area (Å²) in [7, 11) is 0. The maximum atomic E-state index is 12.1. The molecule has 2 aromatic rings. The Morgan fingerprint density at radius 3 is 2.39 bits per heavy atom. The smallest absolute Gasteiger partial charge is 0.269 e. The number of hydrazine groups is 1. The summed E-state index contributed by atoms with van der Waals surface area (Å²) in [6.45, 7) is 8.98. The van der Waals surface area contributed by atoms with Crippen molar-refractivity contribution in [2.24, 2.45) is 5.92 Å². The molecule has 0 atom stereocenters. The molecule has 0 saturated heterocycles. The molecule has 2 rings (SSSR count). The third-order valence-corrected chi connectivity index (χ3v) is 4.33. The highest BCUT2D eigenvalue weighted by Crippen LogP contribution is 2.16. The van der Waals surface area contributed by atoms with Crippen molar-refractivity contribution in [1.82, 2.24) is 20.6 Å². The molecule has 1 aromatic carbocycles. The van der Waals surface area contributed by atoms with E-state index in [0.717, 1.165) is 23.5 Å². The molecular weight excluding hydrogens is 362 g/mol. The number of nitrogens with one attached hydrogen (secondary N) is 2. The second-order valence-corrected chi connectivity index (χ2v) is 7.03. The summed E-state index contributed by atoms with van der Waals surface area (Å²) in [5, 5.41) is 15.2. The third kappa shape index (κ3) is 5.38. The van der Waals surface area contributed by atoms with Gasteiger partial charge >= 0.3 is 0 Å². The quantitative estimate of drug-likeness (QED) is 0.559. The number of hydrogen-bond acceptors (Lipinski definition) is 5. The van der Waals surface area contributed by atoms with Gasteiger partial charge in [0.15, 0.2) is 0 Å². The maximum absolute atomic E-state index is 12.1. The summed E-state index contributed by atoms with van der Waals surface area (Å²) >= 11 is 0. The van der Waals surface area contributed by atoms with Crippen molar-refractivity contribution in [2.75, 3.05) is 0 Å². The summed E-state index contributed by atoms with van der Waals surface area (Å²) in [5.74, 6) is -0.394. The zero-order valence-corrected chi connectivity index (χ0v) is 16.5. The summed E-state index contributed by atoms with van der Waals surface area (Å²) in [4.78, 5) is 34.2. The average Bonchev–Trinajstić information content (AvgIpc) is 2.90. The van der Waals surface area contributed by atoms with Crippen LogP contribution in [-0.4, -0.2) is 26.5 Å². The van der Waals surface area contributed by atoms with E-state index in [1.54, 1.807) is 0 Å².